The molecule has 1 aromatic carbocycles. The van der Waals surface area contributed by atoms with Crippen molar-refractivity contribution >= 4 is 11.7 Å². The number of hydrogen-bond donors (Lipinski definition) is 0. The number of allylic oxidation sites excluding steroid dienone is 3. The number of carbonyl (C=O) groups is 2. The Labute approximate surface area is 231 Å². The highest BCUT2D eigenvalue weighted by Crippen LogP contribution is 2.55. The molecule has 6 nitrogen and oxygen atoms in total. The van der Waals surface area contributed by atoms with Gasteiger partial charge in [0, 0.05) is 43.5 Å². The molecule has 0 spiro atoms. The van der Waals surface area contributed by atoms with Crippen LogP contribution in [0.4, 0.5) is 0 Å². The van der Waals surface area contributed by atoms with E-state index in [0.29, 0.717) is 48.8 Å². The molecule has 6 rings (SSSR count). The number of amides is 1. The van der Waals surface area contributed by atoms with Crippen molar-refractivity contribution in [2.75, 3.05) is 13.1 Å². The summed E-state index contributed by atoms with van der Waals surface area (Å²) in [6.45, 7) is 11.1. The average molecular weight is 530 g/mol. The smallest absolute Gasteiger partial charge is 0.254 e. The van der Waals surface area contributed by atoms with E-state index in [-0.39, 0.29) is 17.6 Å². The van der Waals surface area contributed by atoms with Gasteiger partial charge < -0.3 is 18.8 Å². The second-order valence-electron chi connectivity index (χ2n) is 12.1. The van der Waals surface area contributed by atoms with Gasteiger partial charge in [-0.2, -0.15) is 0 Å². The molecule has 2 aliphatic heterocycles. The van der Waals surface area contributed by atoms with Crippen molar-refractivity contribution in [3.8, 4) is 22.8 Å². The molecule has 1 saturated carbocycles. The summed E-state index contributed by atoms with van der Waals surface area (Å²) in [6.07, 6.45) is 10.5. The minimum atomic E-state index is -0.777. The fraction of sp³-hybridized carbons (Fsp3) is 0.515. The maximum absolute atomic E-state index is 14.1. The van der Waals surface area contributed by atoms with Gasteiger partial charge in [0.25, 0.3) is 11.7 Å². The summed E-state index contributed by atoms with van der Waals surface area (Å²) in [4.78, 5) is 28.8. The number of fused-ring (bicyclic) bond motifs is 2. The monoisotopic (exact) mass is 529 g/mol. The lowest BCUT2D eigenvalue weighted by atomic mass is 9.77. The Hall–Kier alpha value is -3.28. The molecule has 0 saturated heterocycles. The van der Waals surface area contributed by atoms with Crippen molar-refractivity contribution < 1.29 is 23.5 Å². The largest absolute Gasteiger partial charge is 0.464 e. The van der Waals surface area contributed by atoms with Gasteiger partial charge in [0.15, 0.2) is 17.3 Å². The molecule has 2 aromatic rings. The molecule has 0 N–H and O–H groups in total. The van der Waals surface area contributed by atoms with Gasteiger partial charge in [0.05, 0.1) is 17.4 Å². The number of rotatable bonds is 5. The van der Waals surface area contributed by atoms with Crippen molar-refractivity contribution in [2.24, 2.45) is 11.8 Å². The van der Waals surface area contributed by atoms with Crippen LogP contribution < -0.4 is 9.47 Å². The number of nitrogens with zero attached hydrogens (tertiary/aromatic N) is 1. The van der Waals surface area contributed by atoms with E-state index in [0.717, 1.165) is 52.2 Å². The van der Waals surface area contributed by atoms with Gasteiger partial charge in [-0.15, -0.1) is 0 Å². The Kier molecular flexibility index (Phi) is 6.47. The van der Waals surface area contributed by atoms with E-state index in [1.807, 2.05) is 37.8 Å². The van der Waals surface area contributed by atoms with E-state index >= 15 is 0 Å². The van der Waals surface area contributed by atoms with E-state index in [1.165, 1.54) is 19.3 Å². The Balaban J connectivity index is 1.39. The molecular formula is C33H39NO5. The summed E-state index contributed by atoms with van der Waals surface area (Å²) in [7, 11) is 0. The molecule has 0 unspecified atom stereocenters. The van der Waals surface area contributed by atoms with Crippen LogP contribution in [0.5, 0.6) is 11.5 Å². The van der Waals surface area contributed by atoms with Gasteiger partial charge >= 0.3 is 0 Å². The lowest BCUT2D eigenvalue weighted by molar-refractivity contribution is -0.122. The number of ether oxygens (including phenoxy) is 2. The first-order valence-corrected chi connectivity index (χ1v) is 14.5. The Morgan fingerprint density at radius 3 is 2.44 bits per heavy atom. The SMILES string of the molecule is CCC1CCC([C@@]2(C)Oc3c(C)c4c(c(-c5ccco5)c3O2)CCN(CC2=C(C)C=C(C)CC2=O)C4=O)CC1. The highest BCUT2D eigenvalue weighted by Gasteiger charge is 2.49. The van der Waals surface area contributed by atoms with Crippen molar-refractivity contribution in [3.63, 3.8) is 0 Å². The third-order valence-corrected chi connectivity index (χ3v) is 9.49. The maximum Gasteiger partial charge on any atom is 0.254 e. The van der Waals surface area contributed by atoms with Crippen LogP contribution in [0.2, 0.25) is 0 Å². The van der Waals surface area contributed by atoms with Crippen molar-refractivity contribution in [3.05, 3.63) is 57.9 Å². The number of hydrogen-bond acceptors (Lipinski definition) is 5. The van der Waals surface area contributed by atoms with Crippen LogP contribution in [0.15, 0.2) is 45.6 Å². The molecule has 1 fully saturated rings. The quantitative estimate of drug-likeness (QED) is 0.410. The van der Waals surface area contributed by atoms with Gasteiger partial charge in [0.1, 0.15) is 5.76 Å². The topological polar surface area (TPSA) is 69.0 Å². The first kappa shape index (κ1) is 26.0. The van der Waals surface area contributed by atoms with Crippen LogP contribution in [-0.4, -0.2) is 35.5 Å². The molecule has 1 amide bonds. The molecule has 206 valence electrons. The predicted molar refractivity (Wildman–Crippen MR) is 150 cm³/mol. The number of carbonyl (C=O) groups excluding carboxylic acids is 2. The van der Waals surface area contributed by atoms with E-state index in [2.05, 4.69) is 19.9 Å². The van der Waals surface area contributed by atoms with Crippen LogP contribution in [0.25, 0.3) is 11.3 Å². The molecule has 0 radical (unpaired) electrons. The second kappa shape index (κ2) is 9.72. The normalized spacial score (nSPS) is 26.7. The second-order valence-corrected chi connectivity index (χ2v) is 12.1. The van der Waals surface area contributed by atoms with Crippen molar-refractivity contribution in [1.82, 2.24) is 4.90 Å². The van der Waals surface area contributed by atoms with Crippen molar-refractivity contribution in [1.29, 1.82) is 0 Å². The summed E-state index contributed by atoms with van der Waals surface area (Å²) in [5.41, 5.74) is 5.99. The fourth-order valence-electron chi connectivity index (χ4n) is 7.16. The number of ketones is 1. The maximum atomic E-state index is 14.1. The molecular weight excluding hydrogens is 490 g/mol. The summed E-state index contributed by atoms with van der Waals surface area (Å²) in [5, 5.41) is 0. The zero-order valence-corrected chi connectivity index (χ0v) is 23.8. The molecule has 1 atom stereocenters. The first-order valence-electron chi connectivity index (χ1n) is 14.5. The molecule has 39 heavy (non-hydrogen) atoms. The van der Waals surface area contributed by atoms with Gasteiger partial charge in [0.2, 0.25) is 0 Å². The predicted octanol–water partition coefficient (Wildman–Crippen LogP) is 7.19. The molecule has 4 aliphatic rings. The zero-order valence-electron chi connectivity index (χ0n) is 23.8. The van der Waals surface area contributed by atoms with Crippen LogP contribution >= 0.6 is 0 Å². The number of benzene rings is 1. The Bertz CT molecular complexity index is 1390. The number of Topliss-reactive ketones (excluding diaryl/α,β-unsaturated/α-hetero) is 1. The summed E-state index contributed by atoms with van der Waals surface area (Å²) < 4.78 is 19.4. The van der Waals surface area contributed by atoms with E-state index in [4.69, 9.17) is 13.9 Å². The molecule has 3 heterocycles. The minimum absolute atomic E-state index is 0.0654. The molecule has 0 bridgehead atoms. The summed E-state index contributed by atoms with van der Waals surface area (Å²) in [6, 6.07) is 3.79. The Morgan fingerprint density at radius 1 is 1.03 bits per heavy atom. The van der Waals surface area contributed by atoms with Gasteiger partial charge in [-0.05, 0) is 82.1 Å². The van der Waals surface area contributed by atoms with Gasteiger partial charge in [-0.3, -0.25) is 9.59 Å². The summed E-state index contributed by atoms with van der Waals surface area (Å²) in [5.74, 6) is 2.36. The van der Waals surface area contributed by atoms with Gasteiger partial charge in [-0.1, -0.05) is 25.0 Å². The van der Waals surface area contributed by atoms with Gasteiger partial charge in [-0.25, -0.2) is 0 Å². The van der Waals surface area contributed by atoms with Crippen LogP contribution in [0, 0.1) is 18.8 Å². The fourth-order valence-corrected chi connectivity index (χ4v) is 7.16. The standard InChI is InChI=1S/C33H39NO5/c1-6-22-9-11-23(12-10-22)33(5)38-30-21(4)28-24(29(31(30)39-33)27-8-7-15-37-27)13-14-34(32(28)36)18-25-20(3)16-19(2)17-26(25)35/h7-8,15-16,22-23H,6,9-14,17-18H2,1-5H3/t22?,23?,33-/m0/s1. The van der Waals surface area contributed by atoms with Crippen LogP contribution in [-0.2, 0) is 11.2 Å². The van der Waals surface area contributed by atoms with Crippen LogP contribution in [0.3, 0.4) is 0 Å². The molecule has 1 aromatic heterocycles. The van der Waals surface area contributed by atoms with E-state index < -0.39 is 5.79 Å². The lowest BCUT2D eigenvalue weighted by Gasteiger charge is -2.37. The first-order chi connectivity index (χ1) is 18.7. The minimum Gasteiger partial charge on any atom is -0.464 e. The summed E-state index contributed by atoms with van der Waals surface area (Å²) >= 11 is 0. The third kappa shape index (κ3) is 4.32. The number of furan rings is 1. The van der Waals surface area contributed by atoms with E-state index in [1.54, 1.807) is 6.26 Å². The third-order valence-electron chi connectivity index (χ3n) is 9.49. The highest BCUT2D eigenvalue weighted by molar-refractivity contribution is 6.04. The van der Waals surface area contributed by atoms with E-state index in [9.17, 15) is 9.59 Å². The van der Waals surface area contributed by atoms with Crippen molar-refractivity contribution in [2.45, 2.75) is 85.4 Å². The molecule has 6 heteroatoms. The average Bonchev–Trinajstić information content (AvgIpc) is 3.56. The lowest BCUT2D eigenvalue weighted by Crippen LogP contribution is -2.44. The van der Waals surface area contributed by atoms with Crippen LogP contribution in [0.1, 0.15) is 87.7 Å². The zero-order chi connectivity index (χ0) is 27.5. The molecule has 2 aliphatic carbocycles. The highest BCUT2D eigenvalue weighted by atomic mass is 16.7. The Morgan fingerprint density at radius 2 is 1.77 bits per heavy atom.